The summed E-state index contributed by atoms with van der Waals surface area (Å²) in [6.45, 7) is 0.688. The monoisotopic (exact) mass is 436 g/mol. The molecule has 0 saturated carbocycles. The Hall–Kier alpha value is -3.87. The van der Waals surface area contributed by atoms with Crippen LogP contribution in [-0.2, 0) is 0 Å². The summed E-state index contributed by atoms with van der Waals surface area (Å²) in [4.78, 5) is 27.2. The second kappa shape index (κ2) is 10.9. The van der Waals surface area contributed by atoms with Crippen molar-refractivity contribution in [3.8, 4) is 11.5 Å². The van der Waals surface area contributed by atoms with Crippen molar-refractivity contribution in [2.75, 3.05) is 32.2 Å². The maximum atomic E-state index is 13.4. The van der Waals surface area contributed by atoms with Crippen molar-refractivity contribution in [1.82, 2.24) is 5.32 Å². The first-order valence-corrected chi connectivity index (χ1v) is 10.2. The van der Waals surface area contributed by atoms with Gasteiger partial charge in [0.25, 0.3) is 11.8 Å². The zero-order chi connectivity index (χ0) is 22.9. The van der Waals surface area contributed by atoms with Gasteiger partial charge in [0, 0.05) is 30.4 Å². The van der Waals surface area contributed by atoms with Crippen LogP contribution in [0.5, 0.6) is 11.5 Å². The lowest BCUT2D eigenvalue weighted by atomic mass is 10.1. The van der Waals surface area contributed by atoms with Gasteiger partial charge >= 0.3 is 0 Å². The Morgan fingerprint density at radius 3 is 2.31 bits per heavy atom. The molecule has 3 aromatic rings. The van der Waals surface area contributed by atoms with E-state index in [1.807, 2.05) is 6.07 Å². The highest BCUT2D eigenvalue weighted by molar-refractivity contribution is 6.06. The third-order valence-electron chi connectivity index (χ3n) is 4.90. The van der Waals surface area contributed by atoms with Gasteiger partial charge in [0.1, 0.15) is 17.3 Å². The van der Waals surface area contributed by atoms with E-state index in [2.05, 4.69) is 5.32 Å². The van der Waals surface area contributed by atoms with Crippen LogP contribution >= 0.6 is 0 Å². The Morgan fingerprint density at radius 1 is 0.938 bits per heavy atom. The molecule has 3 aromatic carbocycles. The summed E-state index contributed by atoms with van der Waals surface area (Å²) in [6.07, 6.45) is 0.500. The maximum absolute atomic E-state index is 13.4. The lowest BCUT2D eigenvalue weighted by Crippen LogP contribution is -2.34. The maximum Gasteiger partial charge on any atom is 0.258 e. The van der Waals surface area contributed by atoms with Gasteiger partial charge in [0.05, 0.1) is 19.8 Å². The van der Waals surface area contributed by atoms with Crippen LogP contribution < -0.4 is 19.7 Å². The molecule has 6 nitrogen and oxygen atoms in total. The molecule has 0 heterocycles. The van der Waals surface area contributed by atoms with Gasteiger partial charge < -0.3 is 19.7 Å². The Kier molecular flexibility index (Phi) is 7.80. The highest BCUT2D eigenvalue weighted by atomic mass is 19.1. The van der Waals surface area contributed by atoms with Crippen molar-refractivity contribution in [3.05, 3.63) is 89.7 Å². The van der Waals surface area contributed by atoms with Crippen molar-refractivity contribution in [1.29, 1.82) is 0 Å². The molecule has 7 heteroatoms. The Bertz CT molecular complexity index is 1060. The molecule has 3 rings (SSSR count). The zero-order valence-corrected chi connectivity index (χ0v) is 18.0. The fraction of sp³-hybridized carbons (Fsp3) is 0.200. The number of rotatable bonds is 9. The average Bonchev–Trinajstić information content (AvgIpc) is 2.84. The Balaban J connectivity index is 1.66. The average molecular weight is 436 g/mol. The normalized spacial score (nSPS) is 10.3. The second-order valence-electron chi connectivity index (χ2n) is 6.97. The lowest BCUT2D eigenvalue weighted by Gasteiger charge is -2.23. The van der Waals surface area contributed by atoms with Crippen LogP contribution in [0.25, 0.3) is 0 Å². The van der Waals surface area contributed by atoms with Crippen LogP contribution in [0.4, 0.5) is 10.1 Å². The standard InChI is InChI=1S/C25H25FN2O4/c1-31-21-13-14-22(23(17-21)32-2)24(29)27-15-6-16-28(20-11-9-19(26)10-12-20)25(30)18-7-4-3-5-8-18/h3-5,7-14,17H,6,15-16H2,1-2H3,(H,27,29). The minimum Gasteiger partial charge on any atom is -0.497 e. The number of methoxy groups -OCH3 is 2. The molecule has 0 bridgehead atoms. The van der Waals surface area contributed by atoms with E-state index in [1.165, 1.54) is 26.4 Å². The molecule has 0 aromatic heterocycles. The minimum atomic E-state index is -0.374. The minimum absolute atomic E-state index is 0.194. The summed E-state index contributed by atoms with van der Waals surface area (Å²) in [7, 11) is 3.03. The molecule has 32 heavy (non-hydrogen) atoms. The van der Waals surface area contributed by atoms with E-state index < -0.39 is 0 Å². The number of nitrogens with zero attached hydrogens (tertiary/aromatic N) is 1. The van der Waals surface area contributed by atoms with Crippen LogP contribution in [0, 0.1) is 5.82 Å². The van der Waals surface area contributed by atoms with E-state index in [1.54, 1.807) is 59.5 Å². The molecule has 0 atom stereocenters. The van der Waals surface area contributed by atoms with Crippen LogP contribution in [-0.4, -0.2) is 39.1 Å². The van der Waals surface area contributed by atoms with Crippen LogP contribution in [0.1, 0.15) is 27.1 Å². The molecule has 0 spiro atoms. The fourth-order valence-corrected chi connectivity index (χ4v) is 3.23. The molecule has 0 fully saturated rings. The van der Waals surface area contributed by atoms with Gasteiger partial charge in [0.2, 0.25) is 0 Å². The molecule has 0 aliphatic rings. The SMILES string of the molecule is COc1ccc(C(=O)NCCCN(C(=O)c2ccccc2)c2ccc(F)cc2)c(OC)c1. The highest BCUT2D eigenvalue weighted by Gasteiger charge is 2.18. The number of carbonyl (C=O) groups excluding carboxylic acids is 2. The van der Waals surface area contributed by atoms with Gasteiger partial charge in [-0.25, -0.2) is 4.39 Å². The molecular weight excluding hydrogens is 411 g/mol. The summed E-state index contributed by atoms with van der Waals surface area (Å²) in [5.74, 6) is 0.149. The van der Waals surface area contributed by atoms with Crippen molar-refractivity contribution in [2.45, 2.75) is 6.42 Å². The van der Waals surface area contributed by atoms with E-state index in [0.717, 1.165) is 0 Å². The molecule has 0 aliphatic carbocycles. The topological polar surface area (TPSA) is 67.9 Å². The van der Waals surface area contributed by atoms with Crippen LogP contribution in [0.15, 0.2) is 72.8 Å². The Labute approximate surface area is 186 Å². The van der Waals surface area contributed by atoms with Crippen LogP contribution in [0.3, 0.4) is 0 Å². The summed E-state index contributed by atoms with van der Waals surface area (Å²) < 4.78 is 23.8. The number of anilines is 1. The zero-order valence-electron chi connectivity index (χ0n) is 18.0. The van der Waals surface area contributed by atoms with Crippen molar-refractivity contribution < 1.29 is 23.5 Å². The molecule has 1 N–H and O–H groups in total. The predicted molar refractivity (Wildman–Crippen MR) is 121 cm³/mol. The molecule has 0 saturated heterocycles. The molecule has 0 radical (unpaired) electrons. The number of halogens is 1. The third-order valence-corrected chi connectivity index (χ3v) is 4.90. The van der Waals surface area contributed by atoms with E-state index >= 15 is 0 Å². The highest BCUT2D eigenvalue weighted by Crippen LogP contribution is 2.24. The number of hydrogen-bond donors (Lipinski definition) is 1. The first-order valence-electron chi connectivity index (χ1n) is 10.2. The number of benzene rings is 3. The van der Waals surface area contributed by atoms with E-state index in [-0.39, 0.29) is 17.6 Å². The summed E-state index contributed by atoms with van der Waals surface area (Å²) in [5, 5.41) is 2.85. The second-order valence-corrected chi connectivity index (χ2v) is 6.97. The fourth-order valence-electron chi connectivity index (χ4n) is 3.23. The van der Waals surface area contributed by atoms with Crippen molar-refractivity contribution in [2.24, 2.45) is 0 Å². The molecule has 0 unspecified atom stereocenters. The molecule has 2 amide bonds. The first-order chi connectivity index (χ1) is 15.5. The van der Waals surface area contributed by atoms with Crippen molar-refractivity contribution >= 4 is 17.5 Å². The van der Waals surface area contributed by atoms with Crippen LogP contribution in [0.2, 0.25) is 0 Å². The number of nitrogens with one attached hydrogen (secondary N) is 1. The summed E-state index contributed by atoms with van der Waals surface area (Å²) >= 11 is 0. The van der Waals surface area contributed by atoms with E-state index in [9.17, 15) is 14.0 Å². The van der Waals surface area contributed by atoms with Crippen molar-refractivity contribution in [3.63, 3.8) is 0 Å². The number of amides is 2. The molecule has 0 aliphatic heterocycles. The van der Waals surface area contributed by atoms with Gasteiger partial charge in [-0.3, -0.25) is 9.59 Å². The largest absolute Gasteiger partial charge is 0.497 e. The Morgan fingerprint density at radius 2 is 1.66 bits per heavy atom. The lowest BCUT2D eigenvalue weighted by molar-refractivity contribution is 0.0950. The quantitative estimate of drug-likeness (QED) is 0.508. The summed E-state index contributed by atoms with van der Waals surface area (Å²) in [6, 6.07) is 19.6. The molecular formula is C25H25FN2O4. The number of hydrogen-bond acceptors (Lipinski definition) is 4. The molecule has 166 valence electrons. The summed E-state index contributed by atoms with van der Waals surface area (Å²) in [5.41, 5.74) is 1.51. The number of carbonyl (C=O) groups is 2. The van der Waals surface area contributed by atoms with Gasteiger partial charge in [-0.1, -0.05) is 18.2 Å². The van der Waals surface area contributed by atoms with E-state index in [0.29, 0.717) is 47.8 Å². The van der Waals surface area contributed by atoms with Gasteiger partial charge in [-0.15, -0.1) is 0 Å². The third kappa shape index (κ3) is 5.63. The van der Waals surface area contributed by atoms with Gasteiger partial charge in [0.15, 0.2) is 0 Å². The van der Waals surface area contributed by atoms with Gasteiger partial charge in [-0.05, 0) is 55.0 Å². The number of ether oxygens (including phenoxy) is 2. The smallest absolute Gasteiger partial charge is 0.258 e. The predicted octanol–water partition coefficient (Wildman–Crippen LogP) is 4.31. The van der Waals surface area contributed by atoms with Gasteiger partial charge in [-0.2, -0.15) is 0 Å². The van der Waals surface area contributed by atoms with E-state index in [4.69, 9.17) is 9.47 Å². The first kappa shape index (κ1) is 22.8.